The van der Waals surface area contributed by atoms with Gasteiger partial charge in [-0.25, -0.2) is 0 Å². The van der Waals surface area contributed by atoms with Gasteiger partial charge in [-0.2, -0.15) is 0 Å². The molecular weight excluding hydrogens is 346 g/mol. The van der Waals surface area contributed by atoms with Gasteiger partial charge in [-0.1, -0.05) is 0 Å². The number of nitrogens with zero attached hydrogens (tertiary/aromatic N) is 2. The third kappa shape index (κ3) is 5.46. The Bertz CT molecular complexity index is 778. The number of anilines is 2. The summed E-state index contributed by atoms with van der Waals surface area (Å²) in [5.74, 6) is 0.0575. The van der Waals surface area contributed by atoms with Crippen LogP contribution in [0.15, 0.2) is 53.2 Å². The quantitative estimate of drug-likeness (QED) is 0.791. The van der Waals surface area contributed by atoms with Gasteiger partial charge in [0.1, 0.15) is 5.76 Å². The van der Waals surface area contributed by atoms with Gasteiger partial charge in [-0.15, -0.1) is 0 Å². The Hall–Kier alpha value is -3.06. The fourth-order valence-electron chi connectivity index (χ4n) is 2.74. The number of furan rings is 1. The molecule has 2 aromatic rings. The van der Waals surface area contributed by atoms with E-state index in [2.05, 4.69) is 10.2 Å². The van der Waals surface area contributed by atoms with E-state index in [1.165, 1.54) is 17.2 Å². The molecule has 1 saturated heterocycles. The van der Waals surface area contributed by atoms with Gasteiger partial charge < -0.3 is 24.3 Å². The molecule has 1 aromatic heterocycles. The van der Waals surface area contributed by atoms with Gasteiger partial charge in [0.2, 0.25) is 11.8 Å². The van der Waals surface area contributed by atoms with Gasteiger partial charge >= 0.3 is 0 Å². The zero-order valence-electron chi connectivity index (χ0n) is 15.3. The van der Waals surface area contributed by atoms with Crippen LogP contribution in [0.5, 0.6) is 0 Å². The van der Waals surface area contributed by atoms with Crippen LogP contribution in [0.25, 0.3) is 6.08 Å². The van der Waals surface area contributed by atoms with Crippen LogP contribution in [0, 0.1) is 0 Å². The Morgan fingerprint density at radius 1 is 1.19 bits per heavy atom. The summed E-state index contributed by atoms with van der Waals surface area (Å²) in [6.07, 6.45) is 4.48. The topological polar surface area (TPSA) is 75.0 Å². The normalized spacial score (nSPS) is 14.3. The monoisotopic (exact) mass is 369 g/mol. The van der Waals surface area contributed by atoms with Crippen molar-refractivity contribution in [3.05, 3.63) is 54.5 Å². The number of rotatable bonds is 6. The van der Waals surface area contributed by atoms with Crippen molar-refractivity contribution in [2.75, 3.05) is 50.1 Å². The van der Waals surface area contributed by atoms with E-state index in [0.717, 1.165) is 32.0 Å². The second-order valence-electron chi connectivity index (χ2n) is 6.24. The van der Waals surface area contributed by atoms with E-state index in [1.807, 2.05) is 24.3 Å². The molecule has 1 N–H and O–H groups in total. The van der Waals surface area contributed by atoms with E-state index in [0.29, 0.717) is 11.4 Å². The van der Waals surface area contributed by atoms with E-state index in [4.69, 9.17) is 9.15 Å². The second kappa shape index (κ2) is 9.05. The number of morpholine rings is 1. The number of nitrogens with one attached hydrogen (secondary N) is 1. The zero-order chi connectivity index (χ0) is 19.1. The van der Waals surface area contributed by atoms with Crippen LogP contribution < -0.4 is 10.2 Å². The highest BCUT2D eigenvalue weighted by Gasteiger charge is 2.13. The molecule has 0 radical (unpaired) electrons. The molecule has 0 atom stereocenters. The average Bonchev–Trinajstić information content (AvgIpc) is 3.21. The van der Waals surface area contributed by atoms with Crippen LogP contribution in [0.1, 0.15) is 5.76 Å². The van der Waals surface area contributed by atoms with Gasteiger partial charge in [0.05, 0.1) is 26.0 Å². The molecule has 1 aromatic carbocycles. The molecule has 27 heavy (non-hydrogen) atoms. The molecule has 0 unspecified atom stereocenters. The standard InChI is InChI=1S/C20H23N3O4/c1-22(20(25)9-8-18-3-2-12-27-18)15-19(24)21-16-4-6-17(7-5-16)23-10-13-26-14-11-23/h2-9,12H,10-11,13-15H2,1H3,(H,21,24)/b9-8+. The highest BCUT2D eigenvalue weighted by Crippen LogP contribution is 2.19. The number of carbonyl (C=O) groups excluding carboxylic acids is 2. The fraction of sp³-hybridized carbons (Fsp3) is 0.300. The summed E-state index contributed by atoms with van der Waals surface area (Å²) in [5, 5.41) is 2.81. The molecule has 2 amide bonds. The van der Waals surface area contributed by atoms with Crippen molar-refractivity contribution in [3.63, 3.8) is 0 Å². The third-order valence-corrected chi connectivity index (χ3v) is 4.22. The molecule has 0 bridgehead atoms. The van der Waals surface area contributed by atoms with Crippen molar-refractivity contribution < 1.29 is 18.7 Å². The van der Waals surface area contributed by atoms with E-state index in [9.17, 15) is 9.59 Å². The lowest BCUT2D eigenvalue weighted by molar-refractivity contribution is -0.129. The van der Waals surface area contributed by atoms with E-state index in [-0.39, 0.29) is 18.4 Å². The smallest absolute Gasteiger partial charge is 0.246 e. The first kappa shape index (κ1) is 18.7. The van der Waals surface area contributed by atoms with E-state index < -0.39 is 0 Å². The lowest BCUT2D eigenvalue weighted by Crippen LogP contribution is -2.36. The van der Waals surface area contributed by atoms with Crippen molar-refractivity contribution in [1.29, 1.82) is 0 Å². The minimum Gasteiger partial charge on any atom is -0.465 e. The molecule has 3 rings (SSSR count). The summed E-state index contributed by atoms with van der Waals surface area (Å²) >= 11 is 0. The number of hydrogen-bond acceptors (Lipinski definition) is 5. The summed E-state index contributed by atoms with van der Waals surface area (Å²) in [4.78, 5) is 27.8. The number of benzene rings is 1. The number of hydrogen-bond donors (Lipinski definition) is 1. The van der Waals surface area contributed by atoms with Crippen LogP contribution >= 0.6 is 0 Å². The molecule has 1 aliphatic rings. The second-order valence-corrected chi connectivity index (χ2v) is 6.24. The molecule has 7 heteroatoms. The average molecular weight is 369 g/mol. The van der Waals surface area contributed by atoms with Crippen LogP contribution in [0.3, 0.4) is 0 Å². The number of ether oxygens (including phenoxy) is 1. The summed E-state index contributed by atoms with van der Waals surface area (Å²) in [6, 6.07) is 11.2. The van der Waals surface area contributed by atoms with Gasteiger partial charge in [0, 0.05) is 37.6 Å². The van der Waals surface area contributed by atoms with Crippen molar-refractivity contribution >= 4 is 29.3 Å². The minimum atomic E-state index is -0.274. The zero-order valence-corrected chi connectivity index (χ0v) is 15.3. The van der Waals surface area contributed by atoms with Crippen LogP contribution in [-0.4, -0.2) is 56.6 Å². The van der Waals surface area contributed by atoms with Crippen LogP contribution in [0.4, 0.5) is 11.4 Å². The lowest BCUT2D eigenvalue weighted by Gasteiger charge is -2.28. The van der Waals surface area contributed by atoms with Gasteiger partial charge in [0.25, 0.3) is 0 Å². The Morgan fingerprint density at radius 2 is 1.93 bits per heavy atom. The minimum absolute atomic E-state index is 0.0352. The first-order valence-electron chi connectivity index (χ1n) is 8.81. The van der Waals surface area contributed by atoms with Gasteiger partial charge in [-0.05, 0) is 42.5 Å². The molecule has 1 fully saturated rings. The van der Waals surface area contributed by atoms with Crippen LogP contribution in [0.2, 0.25) is 0 Å². The number of likely N-dealkylation sites (N-methyl/N-ethyl adjacent to an activating group) is 1. The Labute approximate surface area is 158 Å². The Morgan fingerprint density at radius 3 is 2.59 bits per heavy atom. The van der Waals surface area contributed by atoms with E-state index >= 15 is 0 Å². The highest BCUT2D eigenvalue weighted by atomic mass is 16.5. The molecule has 0 saturated carbocycles. The Balaban J connectivity index is 1.48. The third-order valence-electron chi connectivity index (χ3n) is 4.22. The van der Waals surface area contributed by atoms with E-state index in [1.54, 1.807) is 25.3 Å². The van der Waals surface area contributed by atoms with Crippen molar-refractivity contribution in [1.82, 2.24) is 4.90 Å². The molecule has 7 nitrogen and oxygen atoms in total. The lowest BCUT2D eigenvalue weighted by atomic mass is 10.2. The largest absolute Gasteiger partial charge is 0.465 e. The SMILES string of the molecule is CN(CC(=O)Nc1ccc(N2CCOCC2)cc1)C(=O)/C=C/c1ccco1. The van der Waals surface area contributed by atoms with Gasteiger partial charge in [-0.3, -0.25) is 9.59 Å². The summed E-state index contributed by atoms with van der Waals surface area (Å²) in [6.45, 7) is 3.15. The molecule has 0 spiro atoms. The number of amides is 2. The van der Waals surface area contributed by atoms with Crippen molar-refractivity contribution in [3.8, 4) is 0 Å². The molecule has 142 valence electrons. The molecule has 2 heterocycles. The molecular formula is C20H23N3O4. The highest BCUT2D eigenvalue weighted by molar-refractivity contribution is 5.97. The number of carbonyl (C=O) groups is 2. The maximum absolute atomic E-state index is 12.2. The summed E-state index contributed by atoms with van der Waals surface area (Å²) < 4.78 is 10.5. The maximum atomic E-state index is 12.2. The van der Waals surface area contributed by atoms with Crippen molar-refractivity contribution in [2.45, 2.75) is 0 Å². The Kier molecular flexibility index (Phi) is 6.27. The maximum Gasteiger partial charge on any atom is 0.246 e. The van der Waals surface area contributed by atoms with Crippen molar-refractivity contribution in [2.24, 2.45) is 0 Å². The molecule has 1 aliphatic heterocycles. The fourth-order valence-corrected chi connectivity index (χ4v) is 2.74. The van der Waals surface area contributed by atoms with Crippen LogP contribution in [-0.2, 0) is 14.3 Å². The first-order chi connectivity index (χ1) is 13.1. The summed E-state index contributed by atoms with van der Waals surface area (Å²) in [5.41, 5.74) is 1.80. The summed E-state index contributed by atoms with van der Waals surface area (Å²) in [7, 11) is 1.58. The predicted molar refractivity (Wildman–Crippen MR) is 103 cm³/mol. The first-order valence-corrected chi connectivity index (χ1v) is 8.81. The van der Waals surface area contributed by atoms with Gasteiger partial charge in [0.15, 0.2) is 0 Å². The molecule has 0 aliphatic carbocycles. The predicted octanol–water partition coefficient (Wildman–Crippen LogP) is 2.23.